The van der Waals surface area contributed by atoms with Crippen LogP contribution in [0.2, 0.25) is 0 Å². The largest absolute Gasteiger partial charge is 0.418 e. The van der Waals surface area contributed by atoms with Gasteiger partial charge in [-0.1, -0.05) is 6.92 Å². The molecule has 0 radical (unpaired) electrons. The molecule has 2 aliphatic heterocycles. The Bertz CT molecular complexity index is 507. The second kappa shape index (κ2) is 5.54. The highest BCUT2D eigenvalue weighted by Crippen LogP contribution is 2.30. The summed E-state index contributed by atoms with van der Waals surface area (Å²) in [5, 5.41) is 3.34. The Hall–Kier alpha value is -1.39. The minimum Gasteiger partial charge on any atom is -0.354 e. The van der Waals surface area contributed by atoms with Gasteiger partial charge in [0.1, 0.15) is 6.04 Å². The molecule has 0 aromatic carbocycles. The second-order valence-corrected chi connectivity index (χ2v) is 5.81. The molecule has 3 amide bonds. The van der Waals surface area contributed by atoms with Crippen LogP contribution in [0.5, 0.6) is 0 Å². The van der Waals surface area contributed by atoms with Gasteiger partial charge in [-0.3, -0.25) is 9.35 Å². The molecular formula is C10H17N3O6S. The second-order valence-electron chi connectivity index (χ2n) is 4.80. The van der Waals surface area contributed by atoms with Gasteiger partial charge in [0.15, 0.2) is 0 Å². The minimum atomic E-state index is -4.75. The summed E-state index contributed by atoms with van der Waals surface area (Å²) in [7, 11) is -4.75. The van der Waals surface area contributed by atoms with E-state index >= 15 is 0 Å². The van der Waals surface area contributed by atoms with Crippen molar-refractivity contribution >= 4 is 22.3 Å². The summed E-state index contributed by atoms with van der Waals surface area (Å²) in [6.45, 7) is 2.64. The summed E-state index contributed by atoms with van der Waals surface area (Å²) in [5.41, 5.74) is 0. The number of amides is 3. The molecule has 20 heavy (non-hydrogen) atoms. The van der Waals surface area contributed by atoms with E-state index in [0.29, 0.717) is 24.4 Å². The zero-order chi connectivity index (χ0) is 14.9. The van der Waals surface area contributed by atoms with Gasteiger partial charge < -0.3 is 10.2 Å². The van der Waals surface area contributed by atoms with Crippen molar-refractivity contribution in [3.63, 3.8) is 0 Å². The van der Waals surface area contributed by atoms with Gasteiger partial charge in [0.25, 0.3) is 0 Å². The molecule has 2 N–H and O–H groups in total. The molecule has 114 valence electrons. The monoisotopic (exact) mass is 307 g/mol. The van der Waals surface area contributed by atoms with Crippen LogP contribution in [0.15, 0.2) is 0 Å². The number of carbonyl (C=O) groups is 2. The van der Waals surface area contributed by atoms with Crippen molar-refractivity contribution in [3.05, 3.63) is 0 Å². The van der Waals surface area contributed by atoms with Crippen molar-refractivity contribution in [1.29, 1.82) is 0 Å². The molecule has 10 heteroatoms. The fourth-order valence-electron chi connectivity index (χ4n) is 2.47. The van der Waals surface area contributed by atoms with Crippen LogP contribution < -0.4 is 5.32 Å². The smallest absolute Gasteiger partial charge is 0.354 e. The number of urea groups is 1. The fraction of sp³-hybridized carbons (Fsp3) is 0.800. The lowest BCUT2D eigenvalue weighted by molar-refractivity contribution is -0.126. The van der Waals surface area contributed by atoms with Crippen molar-refractivity contribution in [2.45, 2.75) is 38.3 Å². The van der Waals surface area contributed by atoms with E-state index < -0.39 is 28.5 Å². The minimum absolute atomic E-state index is 0.207. The van der Waals surface area contributed by atoms with Crippen LogP contribution in [0.1, 0.15) is 26.2 Å². The molecular weight excluding hydrogens is 290 g/mol. The van der Waals surface area contributed by atoms with Gasteiger partial charge in [-0.05, 0) is 19.3 Å². The van der Waals surface area contributed by atoms with Crippen LogP contribution in [-0.4, -0.2) is 60.0 Å². The summed E-state index contributed by atoms with van der Waals surface area (Å²) in [6, 6.07) is -1.82. The molecule has 0 spiro atoms. The lowest BCUT2D eigenvalue weighted by Crippen LogP contribution is -2.49. The van der Waals surface area contributed by atoms with Crippen LogP contribution in [0.3, 0.4) is 0 Å². The normalized spacial score (nSPS) is 26.0. The fourth-order valence-corrected chi connectivity index (χ4v) is 2.86. The molecule has 2 heterocycles. The zero-order valence-corrected chi connectivity index (χ0v) is 11.8. The standard InChI is InChI=1S/C10H17N3O6S/c1-2-5-11-9(14)8-4-3-7-6-12(8)10(15)13(7)19-20(16,17)18/h7-8H,2-6H2,1H3,(H,11,14)(H,16,17,18)/t7-,8-/m0/s1. The predicted molar refractivity (Wildman–Crippen MR) is 66.7 cm³/mol. The maximum absolute atomic E-state index is 12.0. The lowest BCUT2D eigenvalue weighted by Gasteiger charge is -2.29. The summed E-state index contributed by atoms with van der Waals surface area (Å²) >= 11 is 0. The highest BCUT2D eigenvalue weighted by atomic mass is 32.3. The van der Waals surface area contributed by atoms with Gasteiger partial charge in [0.2, 0.25) is 5.91 Å². The molecule has 0 saturated carbocycles. The first-order valence-electron chi connectivity index (χ1n) is 6.38. The third-order valence-electron chi connectivity index (χ3n) is 3.35. The van der Waals surface area contributed by atoms with E-state index in [-0.39, 0.29) is 12.5 Å². The number of piperidine rings is 1. The lowest BCUT2D eigenvalue weighted by atomic mass is 10.0. The quantitative estimate of drug-likeness (QED) is 0.662. The van der Waals surface area contributed by atoms with Gasteiger partial charge in [0, 0.05) is 13.1 Å². The maximum Gasteiger partial charge on any atom is 0.418 e. The summed E-state index contributed by atoms with van der Waals surface area (Å²) in [4.78, 5) is 25.2. The van der Waals surface area contributed by atoms with Crippen molar-refractivity contribution in [2.24, 2.45) is 0 Å². The van der Waals surface area contributed by atoms with Crippen LogP contribution in [0, 0.1) is 0 Å². The number of hydrogen-bond acceptors (Lipinski definition) is 5. The summed E-state index contributed by atoms with van der Waals surface area (Å²) < 4.78 is 34.4. The van der Waals surface area contributed by atoms with E-state index in [0.717, 1.165) is 6.42 Å². The van der Waals surface area contributed by atoms with Crippen molar-refractivity contribution in [3.8, 4) is 0 Å². The molecule has 2 aliphatic rings. The van der Waals surface area contributed by atoms with Gasteiger partial charge >= 0.3 is 16.4 Å². The average Bonchev–Trinajstić information content (AvgIpc) is 2.60. The van der Waals surface area contributed by atoms with Crippen molar-refractivity contribution in [2.75, 3.05) is 13.1 Å². The van der Waals surface area contributed by atoms with Gasteiger partial charge in [-0.25, -0.2) is 4.79 Å². The first kappa shape index (κ1) is 15.0. The summed E-state index contributed by atoms with van der Waals surface area (Å²) in [5.74, 6) is -0.257. The molecule has 9 nitrogen and oxygen atoms in total. The Kier molecular flexibility index (Phi) is 4.16. The van der Waals surface area contributed by atoms with E-state index in [1.54, 1.807) is 0 Å². The SMILES string of the molecule is CCCNC(=O)[C@@H]1CC[C@H]2CN1C(=O)N2OS(=O)(=O)O. The van der Waals surface area contributed by atoms with E-state index in [2.05, 4.69) is 9.60 Å². The third-order valence-corrected chi connectivity index (χ3v) is 3.70. The van der Waals surface area contributed by atoms with E-state index in [1.807, 2.05) is 6.92 Å². The highest BCUT2D eigenvalue weighted by Gasteiger charge is 2.49. The predicted octanol–water partition coefficient (Wildman–Crippen LogP) is -0.484. The molecule has 0 aromatic heterocycles. The molecule has 2 bridgehead atoms. The van der Waals surface area contributed by atoms with E-state index in [4.69, 9.17) is 4.55 Å². The number of hydroxylamine groups is 2. The molecule has 2 atom stereocenters. The number of nitrogens with zero attached hydrogens (tertiary/aromatic N) is 2. The van der Waals surface area contributed by atoms with E-state index in [9.17, 15) is 18.0 Å². The number of hydrogen-bond donors (Lipinski definition) is 2. The van der Waals surface area contributed by atoms with Crippen LogP contribution >= 0.6 is 0 Å². The topological polar surface area (TPSA) is 116 Å². The first-order valence-corrected chi connectivity index (χ1v) is 7.74. The molecule has 2 rings (SSSR count). The number of carbonyl (C=O) groups excluding carboxylic acids is 2. The Balaban J connectivity index is 2.07. The van der Waals surface area contributed by atoms with E-state index in [1.165, 1.54) is 4.90 Å². The van der Waals surface area contributed by atoms with Crippen molar-refractivity contribution in [1.82, 2.24) is 15.3 Å². The van der Waals surface area contributed by atoms with Crippen molar-refractivity contribution < 1.29 is 26.8 Å². The van der Waals surface area contributed by atoms with Crippen LogP contribution in [-0.2, 0) is 19.5 Å². The molecule has 0 aliphatic carbocycles. The number of rotatable bonds is 5. The van der Waals surface area contributed by atoms with Crippen LogP contribution in [0.4, 0.5) is 4.79 Å². The summed E-state index contributed by atoms with van der Waals surface area (Å²) in [6.07, 6.45) is 1.65. The highest BCUT2D eigenvalue weighted by molar-refractivity contribution is 7.80. The van der Waals surface area contributed by atoms with Gasteiger partial charge in [0.05, 0.1) is 6.04 Å². The number of nitrogens with one attached hydrogen (secondary N) is 1. The third kappa shape index (κ3) is 3.02. The Morgan fingerprint density at radius 1 is 1.50 bits per heavy atom. The molecule has 2 fully saturated rings. The molecule has 2 saturated heterocycles. The zero-order valence-electron chi connectivity index (χ0n) is 11.0. The Labute approximate surface area is 116 Å². The van der Waals surface area contributed by atoms with Gasteiger partial charge in [-0.15, -0.1) is 4.28 Å². The Morgan fingerprint density at radius 3 is 2.80 bits per heavy atom. The Morgan fingerprint density at radius 2 is 2.20 bits per heavy atom. The van der Waals surface area contributed by atoms with Gasteiger partial charge in [-0.2, -0.15) is 13.5 Å². The maximum atomic E-state index is 12.0. The van der Waals surface area contributed by atoms with Crippen LogP contribution in [0.25, 0.3) is 0 Å². The average molecular weight is 307 g/mol. The molecule has 0 unspecified atom stereocenters. The molecule has 0 aromatic rings. The number of fused-ring (bicyclic) bond motifs is 2. The first-order chi connectivity index (χ1) is 9.33.